The lowest BCUT2D eigenvalue weighted by atomic mass is 10.2. The summed E-state index contributed by atoms with van der Waals surface area (Å²) in [6.45, 7) is 5.10. The van der Waals surface area contributed by atoms with Gasteiger partial charge >= 0.3 is 6.09 Å². The molecule has 5 nitrogen and oxygen atoms in total. The van der Waals surface area contributed by atoms with Gasteiger partial charge in [-0.1, -0.05) is 12.2 Å². The van der Waals surface area contributed by atoms with Crippen LogP contribution < -0.4 is 15.1 Å². The molecular weight excluding hydrogens is 330 g/mol. The van der Waals surface area contributed by atoms with Crippen LogP contribution in [0.5, 0.6) is 0 Å². The molecule has 0 bridgehead atoms. The van der Waals surface area contributed by atoms with Crippen LogP contribution in [0, 0.1) is 0 Å². The molecule has 0 spiro atoms. The van der Waals surface area contributed by atoms with E-state index in [1.165, 1.54) is 17.2 Å². The second-order valence-electron chi connectivity index (χ2n) is 5.67. The van der Waals surface area contributed by atoms with Crippen LogP contribution in [-0.2, 0) is 4.74 Å². The second kappa shape index (κ2) is 7.40. The van der Waals surface area contributed by atoms with Gasteiger partial charge in [-0.15, -0.1) is 0 Å². The van der Waals surface area contributed by atoms with Crippen molar-refractivity contribution in [2.24, 2.45) is 0 Å². The Morgan fingerprint density at radius 2 is 1.96 bits per heavy atom. The Hall–Kier alpha value is -1.47. The molecule has 1 amide bonds. The number of thioether (sulfide) groups is 1. The molecule has 0 aromatic heterocycles. The third-order valence-corrected chi connectivity index (χ3v) is 5.08. The number of anilines is 2. The first-order valence-corrected chi connectivity index (χ1v) is 9.35. The fourth-order valence-corrected chi connectivity index (χ4v) is 3.75. The third kappa shape index (κ3) is 4.09. The summed E-state index contributed by atoms with van der Waals surface area (Å²) in [5.74, 6) is 2.35. The van der Waals surface area contributed by atoms with Crippen molar-refractivity contribution in [3.05, 3.63) is 24.3 Å². The Kier molecular flexibility index (Phi) is 5.27. The van der Waals surface area contributed by atoms with Crippen LogP contribution in [0.15, 0.2) is 24.3 Å². The van der Waals surface area contributed by atoms with E-state index in [4.69, 9.17) is 17.0 Å². The predicted octanol–water partition coefficient (Wildman–Crippen LogP) is 2.50. The molecule has 124 valence electrons. The Morgan fingerprint density at radius 1 is 1.30 bits per heavy atom. The van der Waals surface area contributed by atoms with Crippen molar-refractivity contribution in [2.75, 3.05) is 47.5 Å². The van der Waals surface area contributed by atoms with E-state index >= 15 is 0 Å². The molecule has 2 aliphatic rings. The summed E-state index contributed by atoms with van der Waals surface area (Å²) in [4.78, 5) is 16.8. The average Bonchev–Trinajstić information content (AvgIpc) is 2.95. The zero-order valence-corrected chi connectivity index (χ0v) is 14.8. The fraction of sp³-hybridized carbons (Fsp3) is 0.500. The van der Waals surface area contributed by atoms with E-state index in [1.54, 1.807) is 4.90 Å². The number of amides is 1. The summed E-state index contributed by atoms with van der Waals surface area (Å²) in [5.41, 5.74) is 2.10. The van der Waals surface area contributed by atoms with Crippen LogP contribution in [0.4, 0.5) is 16.2 Å². The van der Waals surface area contributed by atoms with Crippen LogP contribution in [0.1, 0.15) is 6.92 Å². The first kappa shape index (κ1) is 16.4. The molecule has 1 aromatic rings. The van der Waals surface area contributed by atoms with Crippen molar-refractivity contribution in [1.82, 2.24) is 5.32 Å². The van der Waals surface area contributed by atoms with E-state index in [0.29, 0.717) is 18.1 Å². The van der Waals surface area contributed by atoms with Gasteiger partial charge in [0, 0.05) is 36.0 Å². The highest BCUT2D eigenvalue weighted by atomic mass is 32.2. The number of carbonyl (C=O) groups is 1. The Morgan fingerprint density at radius 3 is 2.61 bits per heavy atom. The minimum absolute atomic E-state index is 0.167. The number of thiocarbonyl (C=S) groups is 1. The monoisotopic (exact) mass is 351 g/mol. The molecular formula is C16H21N3O2S2. The first-order valence-electron chi connectivity index (χ1n) is 7.79. The molecule has 0 saturated carbocycles. The third-order valence-electron chi connectivity index (χ3n) is 3.99. The quantitative estimate of drug-likeness (QED) is 0.841. The maximum Gasteiger partial charge on any atom is 0.414 e. The van der Waals surface area contributed by atoms with Crippen molar-refractivity contribution >= 4 is 46.4 Å². The van der Waals surface area contributed by atoms with E-state index in [-0.39, 0.29) is 12.2 Å². The highest BCUT2D eigenvalue weighted by molar-refractivity contribution is 7.99. The van der Waals surface area contributed by atoms with Gasteiger partial charge in [0.15, 0.2) is 0 Å². The molecule has 1 aromatic carbocycles. The van der Waals surface area contributed by atoms with Crippen LogP contribution in [0.3, 0.4) is 0 Å². The van der Waals surface area contributed by atoms with Gasteiger partial charge < -0.3 is 15.0 Å². The first-order chi connectivity index (χ1) is 11.1. The van der Waals surface area contributed by atoms with Crippen LogP contribution in [0.25, 0.3) is 0 Å². The molecule has 2 saturated heterocycles. The summed E-state index contributed by atoms with van der Waals surface area (Å²) < 4.78 is 5.38. The SMILES string of the molecule is CC(=S)NC[C@H]1CN(c2ccc(N3CCSCC3)cc2)C(=O)O1. The molecule has 3 rings (SSSR count). The fourth-order valence-electron chi connectivity index (χ4n) is 2.76. The summed E-state index contributed by atoms with van der Waals surface area (Å²) >= 11 is 6.99. The Labute approximate surface area is 146 Å². The number of nitrogens with one attached hydrogen (secondary N) is 1. The second-order valence-corrected chi connectivity index (χ2v) is 7.51. The van der Waals surface area contributed by atoms with Crippen molar-refractivity contribution in [1.29, 1.82) is 0 Å². The van der Waals surface area contributed by atoms with Gasteiger partial charge in [0.2, 0.25) is 0 Å². The molecule has 23 heavy (non-hydrogen) atoms. The normalized spacial score (nSPS) is 21.3. The zero-order chi connectivity index (χ0) is 16.2. The van der Waals surface area contributed by atoms with E-state index in [9.17, 15) is 4.79 Å². The van der Waals surface area contributed by atoms with Crippen LogP contribution in [0.2, 0.25) is 0 Å². The summed E-state index contributed by atoms with van der Waals surface area (Å²) in [7, 11) is 0. The topological polar surface area (TPSA) is 44.8 Å². The van der Waals surface area contributed by atoms with Crippen LogP contribution >= 0.6 is 24.0 Å². The number of rotatable bonds is 4. The number of nitrogens with zero attached hydrogens (tertiary/aromatic N) is 2. The molecule has 0 radical (unpaired) electrons. The van der Waals surface area contributed by atoms with E-state index in [1.807, 2.05) is 30.8 Å². The lowest BCUT2D eigenvalue weighted by molar-refractivity contribution is 0.143. The number of hydrogen-bond donors (Lipinski definition) is 1. The predicted molar refractivity (Wildman–Crippen MR) is 99.9 cm³/mol. The van der Waals surface area contributed by atoms with Gasteiger partial charge in [0.1, 0.15) is 6.10 Å². The van der Waals surface area contributed by atoms with E-state index < -0.39 is 0 Å². The van der Waals surface area contributed by atoms with Crippen molar-refractivity contribution < 1.29 is 9.53 Å². The van der Waals surface area contributed by atoms with E-state index in [2.05, 4.69) is 22.3 Å². The summed E-state index contributed by atoms with van der Waals surface area (Å²) in [6.07, 6.45) is -0.458. The number of benzene rings is 1. The summed E-state index contributed by atoms with van der Waals surface area (Å²) in [5, 5.41) is 3.05. The Balaban J connectivity index is 1.62. The lowest BCUT2D eigenvalue weighted by Crippen LogP contribution is -2.33. The number of ether oxygens (including phenoxy) is 1. The van der Waals surface area contributed by atoms with Gasteiger partial charge in [-0.25, -0.2) is 4.79 Å². The molecule has 1 atom stereocenters. The highest BCUT2D eigenvalue weighted by Gasteiger charge is 2.32. The lowest BCUT2D eigenvalue weighted by Gasteiger charge is -2.28. The largest absolute Gasteiger partial charge is 0.442 e. The zero-order valence-electron chi connectivity index (χ0n) is 13.2. The minimum Gasteiger partial charge on any atom is -0.442 e. The van der Waals surface area contributed by atoms with Crippen LogP contribution in [-0.4, -0.2) is 54.9 Å². The van der Waals surface area contributed by atoms with Crippen molar-refractivity contribution in [3.8, 4) is 0 Å². The molecule has 0 unspecified atom stereocenters. The number of hydrogen-bond acceptors (Lipinski definition) is 5. The number of carbonyl (C=O) groups excluding carboxylic acids is 1. The molecule has 2 aliphatic heterocycles. The smallest absolute Gasteiger partial charge is 0.414 e. The maximum atomic E-state index is 12.0. The van der Waals surface area contributed by atoms with Gasteiger partial charge in [-0.05, 0) is 31.2 Å². The van der Waals surface area contributed by atoms with Gasteiger partial charge in [0.05, 0.1) is 18.1 Å². The van der Waals surface area contributed by atoms with Crippen molar-refractivity contribution in [3.63, 3.8) is 0 Å². The Bertz CT molecular complexity index is 573. The van der Waals surface area contributed by atoms with Gasteiger partial charge in [-0.2, -0.15) is 11.8 Å². The highest BCUT2D eigenvalue weighted by Crippen LogP contribution is 2.26. The molecule has 1 N–H and O–H groups in total. The molecule has 2 fully saturated rings. The maximum absolute atomic E-state index is 12.0. The average molecular weight is 351 g/mol. The minimum atomic E-state index is -0.291. The molecule has 0 aliphatic carbocycles. The molecule has 2 heterocycles. The molecule has 7 heteroatoms. The number of cyclic esters (lactones) is 1. The van der Waals surface area contributed by atoms with Crippen molar-refractivity contribution in [2.45, 2.75) is 13.0 Å². The van der Waals surface area contributed by atoms with Gasteiger partial charge in [-0.3, -0.25) is 4.90 Å². The standard InChI is InChI=1S/C16H21N3O2S2/c1-12(22)17-10-15-11-19(16(20)21-15)14-4-2-13(3-5-14)18-6-8-23-9-7-18/h2-5,15H,6-11H2,1H3,(H,17,22)/t15-/m0/s1. The van der Waals surface area contributed by atoms with E-state index in [0.717, 1.165) is 18.8 Å². The van der Waals surface area contributed by atoms with Gasteiger partial charge in [0.25, 0.3) is 0 Å². The summed E-state index contributed by atoms with van der Waals surface area (Å²) in [6, 6.07) is 8.17.